The van der Waals surface area contributed by atoms with Gasteiger partial charge in [-0.05, 0) is 48.7 Å². The summed E-state index contributed by atoms with van der Waals surface area (Å²) < 4.78 is 47.5. The number of imidazole rings is 1. The number of nitrogens with zero attached hydrogens (tertiary/aromatic N) is 2. The molecular formula is C22H22F3N3O3. The van der Waals surface area contributed by atoms with Gasteiger partial charge in [-0.25, -0.2) is 9.78 Å². The Morgan fingerprint density at radius 3 is 2.74 bits per heavy atom. The van der Waals surface area contributed by atoms with Crippen LogP contribution in [0.5, 0.6) is 0 Å². The number of halogens is 3. The normalized spacial score (nSPS) is 17.3. The van der Waals surface area contributed by atoms with E-state index in [-0.39, 0.29) is 23.8 Å². The Hall–Kier alpha value is -2.91. The van der Waals surface area contributed by atoms with E-state index in [1.807, 2.05) is 6.07 Å². The lowest BCUT2D eigenvalue weighted by Gasteiger charge is -2.24. The van der Waals surface area contributed by atoms with Gasteiger partial charge in [0.2, 0.25) is 0 Å². The van der Waals surface area contributed by atoms with Gasteiger partial charge in [-0.15, -0.1) is 0 Å². The molecule has 0 saturated carbocycles. The van der Waals surface area contributed by atoms with E-state index in [4.69, 9.17) is 4.74 Å². The van der Waals surface area contributed by atoms with Crippen LogP contribution in [0, 0.1) is 13.8 Å². The van der Waals surface area contributed by atoms with Crippen LogP contribution in [0.1, 0.15) is 44.5 Å². The van der Waals surface area contributed by atoms with Gasteiger partial charge in [0.05, 0.1) is 29.4 Å². The Labute approximate surface area is 176 Å². The molecule has 0 amide bonds. The van der Waals surface area contributed by atoms with Gasteiger partial charge in [0, 0.05) is 19.6 Å². The van der Waals surface area contributed by atoms with Crippen molar-refractivity contribution in [3.05, 3.63) is 64.0 Å². The van der Waals surface area contributed by atoms with Crippen LogP contribution in [0.3, 0.4) is 0 Å². The summed E-state index contributed by atoms with van der Waals surface area (Å²) in [5, 5.41) is 13.0. The first-order chi connectivity index (χ1) is 14.7. The Kier molecular flexibility index (Phi) is 5.49. The van der Waals surface area contributed by atoms with Crippen LogP contribution in [0.4, 0.5) is 13.2 Å². The number of benzene rings is 2. The van der Waals surface area contributed by atoms with Crippen molar-refractivity contribution in [2.75, 3.05) is 19.7 Å². The van der Waals surface area contributed by atoms with E-state index in [9.17, 15) is 23.1 Å². The topological polar surface area (TPSA) is 76.4 Å². The largest absolute Gasteiger partial charge is 0.478 e. The molecule has 2 aromatic carbocycles. The Morgan fingerprint density at radius 1 is 1.32 bits per heavy atom. The number of nitrogens with one attached hydrogen (secondary N) is 1. The summed E-state index contributed by atoms with van der Waals surface area (Å²) >= 11 is 0. The molecule has 6 nitrogen and oxygen atoms in total. The van der Waals surface area contributed by atoms with Gasteiger partial charge in [0.15, 0.2) is 0 Å². The molecular weight excluding hydrogens is 411 g/mol. The van der Waals surface area contributed by atoms with E-state index in [0.29, 0.717) is 41.1 Å². The minimum Gasteiger partial charge on any atom is -0.478 e. The molecule has 0 bridgehead atoms. The van der Waals surface area contributed by atoms with E-state index in [1.165, 1.54) is 13.0 Å². The minimum absolute atomic E-state index is 0.0456. The maximum atomic E-state index is 13.3. The van der Waals surface area contributed by atoms with E-state index in [1.54, 1.807) is 23.6 Å². The van der Waals surface area contributed by atoms with Crippen molar-refractivity contribution in [2.24, 2.45) is 0 Å². The average Bonchev–Trinajstić information content (AvgIpc) is 3.03. The van der Waals surface area contributed by atoms with E-state index >= 15 is 0 Å². The molecule has 1 atom stereocenters. The Morgan fingerprint density at radius 2 is 2.10 bits per heavy atom. The fourth-order valence-electron chi connectivity index (χ4n) is 4.02. The van der Waals surface area contributed by atoms with Crippen molar-refractivity contribution in [3.8, 4) is 0 Å². The third-order valence-corrected chi connectivity index (χ3v) is 5.68. The lowest BCUT2D eigenvalue weighted by Crippen LogP contribution is -2.33. The molecule has 0 radical (unpaired) electrons. The second kappa shape index (κ2) is 7.97. The molecule has 0 aliphatic carbocycles. The molecule has 1 saturated heterocycles. The first-order valence-electron chi connectivity index (χ1n) is 9.89. The maximum absolute atomic E-state index is 13.3. The highest BCUT2D eigenvalue weighted by atomic mass is 19.4. The molecule has 9 heteroatoms. The number of rotatable bonds is 4. The molecule has 2 N–H and O–H groups in total. The fourth-order valence-corrected chi connectivity index (χ4v) is 4.02. The predicted molar refractivity (Wildman–Crippen MR) is 108 cm³/mol. The summed E-state index contributed by atoms with van der Waals surface area (Å²) in [6.07, 6.45) is -4.75. The molecule has 1 aromatic heterocycles. The standard InChI is InChI=1S/C22H22F3N3O3/c1-12-14(4-3-5-17(12)22(23,24)25)11-28-13(2)27-20-16(21(29)30)8-15(9-18(20)28)19-10-26-6-7-31-19/h3-5,8-9,19,26H,6-7,10-11H2,1-2H3,(H,29,30). The highest BCUT2D eigenvalue weighted by molar-refractivity contribution is 6.01. The van der Waals surface area contributed by atoms with Crippen molar-refractivity contribution in [2.45, 2.75) is 32.7 Å². The number of fused-ring (bicyclic) bond motifs is 1. The highest BCUT2D eigenvalue weighted by Crippen LogP contribution is 2.34. The first-order valence-corrected chi connectivity index (χ1v) is 9.89. The van der Waals surface area contributed by atoms with Crippen LogP contribution in [0.25, 0.3) is 11.0 Å². The summed E-state index contributed by atoms with van der Waals surface area (Å²) in [4.78, 5) is 16.3. The van der Waals surface area contributed by atoms with Crippen molar-refractivity contribution < 1.29 is 27.8 Å². The number of hydrogen-bond donors (Lipinski definition) is 2. The zero-order valence-electron chi connectivity index (χ0n) is 17.1. The average molecular weight is 433 g/mol. The summed E-state index contributed by atoms with van der Waals surface area (Å²) in [6, 6.07) is 7.48. The van der Waals surface area contributed by atoms with E-state index in [0.717, 1.165) is 12.6 Å². The van der Waals surface area contributed by atoms with Crippen molar-refractivity contribution in [3.63, 3.8) is 0 Å². The van der Waals surface area contributed by atoms with Gasteiger partial charge in [-0.2, -0.15) is 13.2 Å². The number of carboxylic acids is 1. The molecule has 3 aromatic rings. The number of aromatic nitrogens is 2. The highest BCUT2D eigenvalue weighted by Gasteiger charge is 2.33. The summed E-state index contributed by atoms with van der Waals surface area (Å²) in [6.45, 7) is 5.08. The third-order valence-electron chi connectivity index (χ3n) is 5.68. The molecule has 1 fully saturated rings. The lowest BCUT2D eigenvalue weighted by atomic mass is 10.0. The van der Waals surface area contributed by atoms with Gasteiger partial charge < -0.3 is 19.7 Å². The van der Waals surface area contributed by atoms with Gasteiger partial charge in [-0.1, -0.05) is 12.1 Å². The molecule has 1 unspecified atom stereocenters. The van der Waals surface area contributed by atoms with Crippen LogP contribution in [-0.4, -0.2) is 40.3 Å². The minimum atomic E-state index is -4.44. The number of alkyl halides is 3. The van der Waals surface area contributed by atoms with Gasteiger partial charge in [-0.3, -0.25) is 0 Å². The quantitative estimate of drug-likeness (QED) is 0.649. The van der Waals surface area contributed by atoms with Crippen molar-refractivity contribution in [1.29, 1.82) is 0 Å². The van der Waals surface area contributed by atoms with E-state index in [2.05, 4.69) is 10.3 Å². The molecule has 1 aliphatic heterocycles. The van der Waals surface area contributed by atoms with Crippen LogP contribution < -0.4 is 5.32 Å². The Balaban J connectivity index is 1.84. The van der Waals surface area contributed by atoms with Crippen molar-refractivity contribution in [1.82, 2.24) is 14.9 Å². The maximum Gasteiger partial charge on any atom is 0.416 e. The van der Waals surface area contributed by atoms with Crippen LogP contribution in [0.2, 0.25) is 0 Å². The molecule has 31 heavy (non-hydrogen) atoms. The third kappa shape index (κ3) is 4.03. The fraction of sp³-hybridized carbons (Fsp3) is 0.364. The number of aromatic carboxylic acids is 1. The van der Waals surface area contributed by atoms with Gasteiger partial charge in [0.25, 0.3) is 0 Å². The van der Waals surface area contributed by atoms with Crippen LogP contribution in [-0.2, 0) is 17.5 Å². The predicted octanol–water partition coefficient (Wildman–Crippen LogP) is 4.08. The molecule has 4 rings (SSSR count). The number of morpholine rings is 1. The first kappa shape index (κ1) is 21.3. The molecule has 0 spiro atoms. The zero-order chi connectivity index (χ0) is 22.3. The van der Waals surface area contributed by atoms with E-state index < -0.39 is 17.7 Å². The summed E-state index contributed by atoms with van der Waals surface area (Å²) in [5.74, 6) is -0.593. The number of hydrogen-bond acceptors (Lipinski definition) is 4. The zero-order valence-corrected chi connectivity index (χ0v) is 17.1. The SMILES string of the molecule is Cc1c(Cn2c(C)nc3c(C(=O)O)cc(C4CNCCO4)cc32)cccc1C(F)(F)F. The van der Waals surface area contributed by atoms with Gasteiger partial charge >= 0.3 is 12.1 Å². The molecule has 1 aliphatic rings. The summed E-state index contributed by atoms with van der Waals surface area (Å²) in [7, 11) is 0. The van der Waals surface area contributed by atoms with Crippen LogP contribution in [0.15, 0.2) is 30.3 Å². The lowest BCUT2D eigenvalue weighted by molar-refractivity contribution is -0.138. The number of carbonyl (C=O) groups is 1. The second-order valence-corrected chi connectivity index (χ2v) is 7.64. The smallest absolute Gasteiger partial charge is 0.416 e. The summed E-state index contributed by atoms with van der Waals surface area (Å²) in [5.41, 5.74) is 1.56. The van der Waals surface area contributed by atoms with Crippen LogP contribution >= 0.6 is 0 Å². The van der Waals surface area contributed by atoms with Gasteiger partial charge in [0.1, 0.15) is 11.3 Å². The number of aryl methyl sites for hydroxylation is 1. The molecule has 164 valence electrons. The number of ether oxygens (including phenoxy) is 1. The van der Waals surface area contributed by atoms with Crippen molar-refractivity contribution >= 4 is 17.0 Å². The monoisotopic (exact) mass is 433 g/mol. The number of carboxylic acid groups (broad SMARTS) is 1. The second-order valence-electron chi connectivity index (χ2n) is 7.64. The Bertz CT molecular complexity index is 1150. The molecule has 2 heterocycles.